The van der Waals surface area contributed by atoms with Gasteiger partial charge in [0.15, 0.2) is 5.75 Å². The van der Waals surface area contributed by atoms with Crippen molar-refractivity contribution in [3.63, 3.8) is 0 Å². The maximum absolute atomic E-state index is 11.5. The molecule has 0 aliphatic carbocycles. The van der Waals surface area contributed by atoms with Crippen LogP contribution < -0.4 is 4.74 Å². The molecule has 1 aromatic rings. The molecule has 7 nitrogen and oxygen atoms in total. The molecular formula is C14H17NO6. The Bertz CT molecular complexity index is 524. The highest BCUT2D eigenvalue weighted by molar-refractivity contribution is 5.90. The van der Waals surface area contributed by atoms with Gasteiger partial charge in [0.05, 0.1) is 23.7 Å². The van der Waals surface area contributed by atoms with Crippen LogP contribution >= 0.6 is 0 Å². The highest BCUT2D eigenvalue weighted by atomic mass is 16.6. The monoisotopic (exact) mass is 295 g/mol. The highest BCUT2D eigenvalue weighted by Gasteiger charge is 2.21. The number of carbonyl (C=O) groups is 1. The number of nitro groups is 1. The second-order valence-electron chi connectivity index (χ2n) is 4.73. The van der Waals surface area contributed by atoms with Crippen LogP contribution in [-0.2, 0) is 9.47 Å². The van der Waals surface area contributed by atoms with Crippen molar-refractivity contribution in [2.45, 2.75) is 25.4 Å². The van der Waals surface area contributed by atoms with E-state index in [1.807, 2.05) is 0 Å². The minimum atomic E-state index is -0.566. The number of nitro benzene ring substituents is 1. The summed E-state index contributed by atoms with van der Waals surface area (Å²) >= 11 is 0. The van der Waals surface area contributed by atoms with Gasteiger partial charge in [0.1, 0.15) is 6.61 Å². The molecule has 1 unspecified atom stereocenters. The molecule has 1 atom stereocenters. The Hall–Kier alpha value is -2.15. The lowest BCUT2D eigenvalue weighted by Crippen LogP contribution is -2.26. The van der Waals surface area contributed by atoms with E-state index >= 15 is 0 Å². The van der Waals surface area contributed by atoms with Gasteiger partial charge in [0, 0.05) is 18.7 Å². The Morgan fingerprint density at radius 3 is 2.90 bits per heavy atom. The molecular weight excluding hydrogens is 278 g/mol. The normalized spacial score (nSPS) is 18.0. The third-order valence-corrected chi connectivity index (χ3v) is 3.28. The van der Waals surface area contributed by atoms with Gasteiger partial charge in [-0.25, -0.2) is 4.79 Å². The van der Waals surface area contributed by atoms with Gasteiger partial charge in [-0.05, 0) is 25.3 Å². The molecule has 2 rings (SSSR count). The molecule has 0 N–H and O–H groups in total. The number of esters is 1. The third-order valence-electron chi connectivity index (χ3n) is 3.28. The first-order chi connectivity index (χ1) is 10.1. The summed E-state index contributed by atoms with van der Waals surface area (Å²) < 4.78 is 15.6. The fraction of sp³-hybridized carbons (Fsp3) is 0.500. The van der Waals surface area contributed by atoms with Gasteiger partial charge in [0.2, 0.25) is 0 Å². The Balaban J connectivity index is 2.13. The summed E-state index contributed by atoms with van der Waals surface area (Å²) in [5.41, 5.74) is 0.0288. The lowest BCUT2D eigenvalue weighted by molar-refractivity contribution is -0.385. The molecule has 1 aliphatic rings. The zero-order valence-electron chi connectivity index (χ0n) is 11.7. The molecule has 0 spiro atoms. The van der Waals surface area contributed by atoms with Crippen molar-refractivity contribution in [1.82, 2.24) is 0 Å². The van der Waals surface area contributed by atoms with Crippen LogP contribution in [0.5, 0.6) is 5.75 Å². The zero-order valence-corrected chi connectivity index (χ0v) is 11.7. The molecule has 0 aromatic heterocycles. The Morgan fingerprint density at radius 1 is 1.48 bits per heavy atom. The predicted molar refractivity (Wildman–Crippen MR) is 73.5 cm³/mol. The molecule has 1 heterocycles. The topological polar surface area (TPSA) is 87.9 Å². The quantitative estimate of drug-likeness (QED) is 0.470. The van der Waals surface area contributed by atoms with E-state index in [4.69, 9.17) is 9.47 Å². The summed E-state index contributed by atoms with van der Waals surface area (Å²) in [6.45, 7) is 0.907. The summed E-state index contributed by atoms with van der Waals surface area (Å²) in [5, 5.41) is 11.0. The van der Waals surface area contributed by atoms with Crippen LogP contribution in [0.2, 0.25) is 0 Å². The van der Waals surface area contributed by atoms with Gasteiger partial charge in [-0.2, -0.15) is 0 Å². The van der Waals surface area contributed by atoms with E-state index in [9.17, 15) is 14.9 Å². The third kappa shape index (κ3) is 3.91. The number of hydrogen-bond donors (Lipinski definition) is 0. The van der Waals surface area contributed by atoms with Crippen molar-refractivity contribution >= 4 is 11.7 Å². The van der Waals surface area contributed by atoms with Crippen LogP contribution in [0.15, 0.2) is 18.2 Å². The Labute approximate surface area is 122 Å². The lowest BCUT2D eigenvalue weighted by atomic mass is 10.1. The maximum Gasteiger partial charge on any atom is 0.337 e. The van der Waals surface area contributed by atoms with E-state index in [-0.39, 0.29) is 29.7 Å². The number of methoxy groups -OCH3 is 1. The first-order valence-corrected chi connectivity index (χ1v) is 6.73. The van der Waals surface area contributed by atoms with Gasteiger partial charge in [-0.1, -0.05) is 0 Å². The number of rotatable bonds is 5. The highest BCUT2D eigenvalue weighted by Crippen LogP contribution is 2.29. The SMILES string of the molecule is COC(=O)c1ccc([N+](=O)[O-])c(OCC2CCCCO2)c1. The van der Waals surface area contributed by atoms with Gasteiger partial charge in [-0.3, -0.25) is 10.1 Å². The smallest absolute Gasteiger partial charge is 0.337 e. The molecule has 1 fully saturated rings. The molecule has 0 amide bonds. The molecule has 1 saturated heterocycles. The second-order valence-corrected chi connectivity index (χ2v) is 4.73. The predicted octanol–water partition coefficient (Wildman–Crippen LogP) is 2.33. The summed E-state index contributed by atoms with van der Waals surface area (Å²) in [4.78, 5) is 21.9. The molecule has 1 aliphatic heterocycles. The average molecular weight is 295 g/mol. The van der Waals surface area contributed by atoms with Crippen LogP contribution in [0, 0.1) is 10.1 Å². The summed E-state index contributed by atoms with van der Waals surface area (Å²) in [6, 6.07) is 3.91. The van der Waals surface area contributed by atoms with E-state index in [2.05, 4.69) is 4.74 Å². The Morgan fingerprint density at radius 2 is 2.29 bits per heavy atom. The number of nitrogens with zero attached hydrogens (tertiary/aromatic N) is 1. The number of benzene rings is 1. The van der Waals surface area contributed by atoms with Crippen LogP contribution in [0.3, 0.4) is 0 Å². The van der Waals surface area contributed by atoms with Crippen molar-refractivity contribution in [2.75, 3.05) is 20.3 Å². The first kappa shape index (κ1) is 15.2. The number of hydrogen-bond acceptors (Lipinski definition) is 6. The van der Waals surface area contributed by atoms with Crippen molar-refractivity contribution < 1.29 is 23.9 Å². The Kier molecular flexibility index (Phi) is 5.10. The van der Waals surface area contributed by atoms with Crippen LogP contribution in [0.4, 0.5) is 5.69 Å². The maximum atomic E-state index is 11.5. The standard InChI is InChI=1S/C14H17NO6/c1-19-14(16)10-5-6-12(15(17)18)13(8-10)21-9-11-4-2-3-7-20-11/h5-6,8,11H,2-4,7,9H2,1H3. The van der Waals surface area contributed by atoms with E-state index in [0.29, 0.717) is 6.61 Å². The van der Waals surface area contributed by atoms with E-state index in [1.165, 1.54) is 25.3 Å². The second kappa shape index (κ2) is 7.03. The van der Waals surface area contributed by atoms with E-state index < -0.39 is 10.9 Å². The van der Waals surface area contributed by atoms with Crippen LogP contribution in [-0.4, -0.2) is 37.3 Å². The fourth-order valence-corrected chi connectivity index (χ4v) is 2.15. The zero-order chi connectivity index (χ0) is 15.2. The lowest BCUT2D eigenvalue weighted by Gasteiger charge is -2.22. The van der Waals surface area contributed by atoms with Gasteiger partial charge in [-0.15, -0.1) is 0 Å². The molecule has 0 radical (unpaired) electrons. The van der Waals surface area contributed by atoms with E-state index in [1.54, 1.807) is 0 Å². The minimum Gasteiger partial charge on any atom is -0.484 e. The molecule has 1 aromatic carbocycles. The van der Waals surface area contributed by atoms with Gasteiger partial charge in [0.25, 0.3) is 0 Å². The molecule has 7 heteroatoms. The van der Waals surface area contributed by atoms with Gasteiger partial charge >= 0.3 is 11.7 Å². The van der Waals surface area contributed by atoms with Crippen LogP contribution in [0.25, 0.3) is 0 Å². The fourth-order valence-electron chi connectivity index (χ4n) is 2.15. The van der Waals surface area contributed by atoms with Crippen molar-refractivity contribution in [2.24, 2.45) is 0 Å². The van der Waals surface area contributed by atoms with E-state index in [0.717, 1.165) is 19.3 Å². The number of carbonyl (C=O) groups excluding carboxylic acids is 1. The van der Waals surface area contributed by atoms with Crippen molar-refractivity contribution in [3.8, 4) is 5.75 Å². The van der Waals surface area contributed by atoms with Gasteiger partial charge < -0.3 is 14.2 Å². The molecule has 114 valence electrons. The van der Waals surface area contributed by atoms with Crippen molar-refractivity contribution in [3.05, 3.63) is 33.9 Å². The molecule has 21 heavy (non-hydrogen) atoms. The summed E-state index contributed by atoms with van der Waals surface area (Å²) in [7, 11) is 1.25. The number of ether oxygens (including phenoxy) is 3. The summed E-state index contributed by atoms with van der Waals surface area (Å²) in [6.07, 6.45) is 2.87. The average Bonchev–Trinajstić information content (AvgIpc) is 2.52. The molecule has 0 bridgehead atoms. The van der Waals surface area contributed by atoms with Crippen molar-refractivity contribution in [1.29, 1.82) is 0 Å². The van der Waals surface area contributed by atoms with Crippen LogP contribution in [0.1, 0.15) is 29.6 Å². The minimum absolute atomic E-state index is 0.0528. The molecule has 0 saturated carbocycles. The first-order valence-electron chi connectivity index (χ1n) is 6.73. The summed E-state index contributed by atoms with van der Waals surface area (Å²) in [5.74, 6) is -0.513. The largest absolute Gasteiger partial charge is 0.484 e.